The molecule has 0 aromatic heterocycles. The van der Waals surface area contributed by atoms with Gasteiger partial charge in [0, 0.05) is 12.1 Å². The molecule has 5 nitrogen and oxygen atoms in total. The maximum Gasteiger partial charge on any atom is 0.472 e. The van der Waals surface area contributed by atoms with Gasteiger partial charge in [-0.05, 0) is 27.7 Å². The van der Waals surface area contributed by atoms with Gasteiger partial charge in [0.15, 0.2) is 0 Å². The fraction of sp³-hybridized carbons (Fsp3) is 0.727. The zero-order valence-electron chi connectivity index (χ0n) is 12.0. The summed E-state index contributed by atoms with van der Waals surface area (Å²) in [4.78, 5) is 33.2. The molecule has 0 fully saturated rings. The topological polar surface area (TPSA) is 57.7 Å². The molecule has 0 heterocycles. The Morgan fingerprint density at radius 1 is 0.727 bits per heavy atom. The van der Waals surface area contributed by atoms with E-state index in [4.69, 9.17) is 0 Å². The molecule has 0 saturated carbocycles. The maximum atomic E-state index is 12.4. The molecule has 0 aliphatic carbocycles. The van der Waals surface area contributed by atoms with Gasteiger partial charge >= 0.3 is 30.2 Å². The second kappa shape index (κ2) is 6.53. The van der Waals surface area contributed by atoms with Gasteiger partial charge in [-0.2, -0.15) is 31.2 Å². The quantitative estimate of drug-likeness (QED) is 0.729. The van der Waals surface area contributed by atoms with Crippen molar-refractivity contribution in [2.24, 2.45) is 0 Å². The van der Waals surface area contributed by atoms with Crippen LogP contribution in [0.2, 0.25) is 0 Å². The van der Waals surface area contributed by atoms with Crippen LogP contribution < -0.4 is 0 Å². The van der Waals surface area contributed by atoms with Crippen LogP contribution in [-0.4, -0.2) is 52.1 Å². The van der Waals surface area contributed by atoms with Crippen LogP contribution in [0.3, 0.4) is 0 Å². The van der Waals surface area contributed by atoms with Crippen LogP contribution >= 0.6 is 0 Å². The molecule has 0 N–H and O–H groups in total. The Kier molecular flexibility index (Phi) is 5.99. The second-order valence-corrected chi connectivity index (χ2v) is 4.82. The van der Waals surface area contributed by atoms with Crippen LogP contribution in [0.15, 0.2) is 0 Å². The summed E-state index contributed by atoms with van der Waals surface area (Å²) in [6.07, 6.45) is -11.6. The Morgan fingerprint density at radius 2 is 1.00 bits per heavy atom. The number of hydrogen-bond donors (Lipinski definition) is 0. The molecule has 0 aliphatic heterocycles. The molecule has 0 aliphatic rings. The third-order valence-electron chi connectivity index (χ3n) is 2.42. The number of nitrogens with zero attached hydrogens (tertiary/aromatic N) is 2. The minimum atomic E-state index is -5.81. The Balaban J connectivity index is 5.94. The van der Waals surface area contributed by atoms with Gasteiger partial charge in [-0.25, -0.2) is 4.79 Å². The summed E-state index contributed by atoms with van der Waals surface area (Å²) in [5.41, 5.74) is 0. The van der Waals surface area contributed by atoms with E-state index >= 15 is 0 Å². The van der Waals surface area contributed by atoms with E-state index in [1.807, 2.05) is 0 Å². The number of alkyl halides is 6. The van der Waals surface area contributed by atoms with Gasteiger partial charge in [0.05, 0.1) is 0 Å². The van der Waals surface area contributed by atoms with Crippen LogP contribution in [-0.2, 0) is 9.59 Å². The summed E-state index contributed by atoms with van der Waals surface area (Å²) in [5.74, 6) is -6.38. The van der Waals surface area contributed by atoms with Crippen molar-refractivity contribution in [2.75, 3.05) is 0 Å². The third-order valence-corrected chi connectivity index (χ3v) is 2.42. The van der Waals surface area contributed by atoms with Crippen LogP contribution in [0.25, 0.3) is 0 Å². The summed E-state index contributed by atoms with van der Waals surface area (Å²) in [6.45, 7) is 5.25. The van der Waals surface area contributed by atoms with E-state index in [1.165, 1.54) is 27.7 Å². The average molecular weight is 336 g/mol. The molecule has 0 aromatic rings. The minimum absolute atomic E-state index is 0.563. The van der Waals surface area contributed by atoms with E-state index in [1.54, 1.807) is 0 Å². The summed E-state index contributed by atoms with van der Waals surface area (Å²) in [6, 6.07) is -3.65. The molecule has 22 heavy (non-hydrogen) atoms. The van der Waals surface area contributed by atoms with Crippen molar-refractivity contribution >= 4 is 17.8 Å². The lowest BCUT2D eigenvalue weighted by Crippen LogP contribution is -2.59. The first-order valence-corrected chi connectivity index (χ1v) is 5.97. The van der Waals surface area contributed by atoms with E-state index in [0.717, 1.165) is 0 Å². The third kappa shape index (κ3) is 4.60. The molecule has 0 spiro atoms. The lowest BCUT2D eigenvalue weighted by Gasteiger charge is -2.34. The first-order valence-electron chi connectivity index (χ1n) is 5.97. The number of amides is 4. The van der Waals surface area contributed by atoms with Crippen molar-refractivity contribution in [2.45, 2.75) is 52.1 Å². The minimum Gasteiger partial charge on any atom is -0.319 e. The highest BCUT2D eigenvalue weighted by Gasteiger charge is 2.55. The molecule has 0 saturated heterocycles. The number of rotatable bonds is 2. The van der Waals surface area contributed by atoms with Gasteiger partial charge in [0.2, 0.25) is 0 Å². The normalized spacial score (nSPS) is 12.5. The summed E-state index contributed by atoms with van der Waals surface area (Å²) in [7, 11) is 0. The van der Waals surface area contributed by atoms with Gasteiger partial charge in [0.25, 0.3) is 0 Å². The molecule has 128 valence electrons. The standard InChI is InChI=1S/C11H14F6N2O3/c1-5(2)18(6(3)4)9(22)19(7(20)10(12,13)14)8(21)11(15,16)17/h5-6H,1-4H3. The number of carbonyl (C=O) groups excluding carboxylic acids is 3. The van der Waals surface area contributed by atoms with Crippen molar-refractivity contribution in [3.8, 4) is 0 Å². The Bertz CT molecular complexity index is 422. The molecule has 4 amide bonds. The van der Waals surface area contributed by atoms with E-state index < -0.39 is 47.2 Å². The van der Waals surface area contributed by atoms with Crippen molar-refractivity contribution in [3.05, 3.63) is 0 Å². The van der Waals surface area contributed by atoms with Crippen LogP contribution in [0.1, 0.15) is 27.7 Å². The van der Waals surface area contributed by atoms with Gasteiger partial charge in [-0.3, -0.25) is 9.59 Å². The van der Waals surface area contributed by atoms with E-state index in [-0.39, 0.29) is 0 Å². The molecule has 0 unspecified atom stereocenters. The molecule has 11 heteroatoms. The predicted octanol–water partition coefficient (Wildman–Crippen LogP) is 2.71. The molecule has 0 atom stereocenters. The van der Waals surface area contributed by atoms with Gasteiger partial charge in [-0.1, -0.05) is 0 Å². The highest BCUT2D eigenvalue weighted by molar-refractivity contribution is 6.13. The van der Waals surface area contributed by atoms with E-state index in [0.29, 0.717) is 4.90 Å². The SMILES string of the molecule is CC(C)N(C(=O)N(C(=O)C(F)(F)F)C(=O)C(F)(F)F)C(C)C. The molecular formula is C11H14F6N2O3. The molecule has 0 rings (SSSR count). The summed E-state index contributed by atoms with van der Waals surface area (Å²) in [5, 5.41) is 0. The lowest BCUT2D eigenvalue weighted by atomic mass is 10.2. The van der Waals surface area contributed by atoms with Crippen LogP contribution in [0.5, 0.6) is 0 Å². The van der Waals surface area contributed by atoms with Crippen molar-refractivity contribution in [1.82, 2.24) is 9.80 Å². The lowest BCUT2D eigenvalue weighted by molar-refractivity contribution is -0.200. The molecule has 0 aromatic carbocycles. The average Bonchev–Trinajstić information content (AvgIpc) is 2.25. The number of carbonyl (C=O) groups is 3. The smallest absolute Gasteiger partial charge is 0.319 e. The largest absolute Gasteiger partial charge is 0.472 e. The monoisotopic (exact) mass is 336 g/mol. The maximum absolute atomic E-state index is 12.4. The van der Waals surface area contributed by atoms with Crippen LogP contribution in [0.4, 0.5) is 31.1 Å². The Morgan fingerprint density at radius 3 is 1.18 bits per heavy atom. The number of imide groups is 3. The molecule has 0 radical (unpaired) electrons. The predicted molar refractivity (Wildman–Crippen MR) is 61.5 cm³/mol. The highest BCUT2D eigenvalue weighted by Crippen LogP contribution is 2.26. The highest BCUT2D eigenvalue weighted by atomic mass is 19.4. The van der Waals surface area contributed by atoms with Crippen molar-refractivity contribution in [3.63, 3.8) is 0 Å². The second-order valence-electron chi connectivity index (χ2n) is 4.82. The van der Waals surface area contributed by atoms with Crippen molar-refractivity contribution < 1.29 is 40.7 Å². The number of halogens is 6. The van der Waals surface area contributed by atoms with Gasteiger partial charge in [0.1, 0.15) is 0 Å². The van der Waals surface area contributed by atoms with Gasteiger partial charge < -0.3 is 4.90 Å². The Labute approximate surface area is 121 Å². The fourth-order valence-electron chi connectivity index (χ4n) is 1.67. The fourth-order valence-corrected chi connectivity index (χ4v) is 1.67. The zero-order valence-corrected chi connectivity index (χ0v) is 12.0. The Hall–Kier alpha value is -1.81. The van der Waals surface area contributed by atoms with Gasteiger partial charge in [-0.15, -0.1) is 0 Å². The van der Waals surface area contributed by atoms with E-state index in [9.17, 15) is 40.7 Å². The summed E-state index contributed by atoms with van der Waals surface area (Å²) < 4.78 is 74.4. The van der Waals surface area contributed by atoms with Crippen molar-refractivity contribution in [1.29, 1.82) is 0 Å². The summed E-state index contributed by atoms with van der Waals surface area (Å²) >= 11 is 0. The zero-order chi connectivity index (χ0) is 18.0. The molecule has 0 bridgehead atoms. The number of urea groups is 1. The van der Waals surface area contributed by atoms with Crippen LogP contribution in [0, 0.1) is 0 Å². The first kappa shape index (κ1) is 20.2. The number of hydrogen-bond acceptors (Lipinski definition) is 3. The van der Waals surface area contributed by atoms with E-state index in [2.05, 4.69) is 0 Å². The first-order chi connectivity index (χ1) is 9.62. The molecular weight excluding hydrogens is 322 g/mol.